The Hall–Kier alpha value is -2.62. The van der Waals surface area contributed by atoms with E-state index < -0.39 is 43.5 Å². The van der Waals surface area contributed by atoms with Gasteiger partial charge in [-0.2, -0.15) is 13.2 Å². The molecule has 0 bridgehead atoms. The molecule has 0 aliphatic heterocycles. The monoisotopic (exact) mass is 420 g/mol. The van der Waals surface area contributed by atoms with Crippen molar-refractivity contribution in [1.29, 1.82) is 0 Å². The Bertz CT molecular complexity index is 998. The number of sulfone groups is 1. The van der Waals surface area contributed by atoms with Crippen molar-refractivity contribution < 1.29 is 40.5 Å². The van der Waals surface area contributed by atoms with Crippen LogP contribution < -0.4 is 4.89 Å². The van der Waals surface area contributed by atoms with E-state index >= 15 is 0 Å². The van der Waals surface area contributed by atoms with E-state index in [4.69, 9.17) is 4.89 Å². The first-order valence-electron chi connectivity index (χ1n) is 7.94. The lowest BCUT2D eigenvalue weighted by Gasteiger charge is -2.14. The van der Waals surface area contributed by atoms with Crippen LogP contribution in [0.3, 0.4) is 0 Å². The molecule has 0 fully saturated rings. The van der Waals surface area contributed by atoms with Crippen LogP contribution in [0.5, 0.6) is 5.75 Å². The molecule has 0 heterocycles. The Morgan fingerprint density at radius 2 is 1.71 bits per heavy atom. The third kappa shape index (κ3) is 4.61. The lowest BCUT2D eigenvalue weighted by molar-refractivity contribution is -0.210. The van der Waals surface area contributed by atoms with Crippen LogP contribution in [0.15, 0.2) is 41.3 Å². The van der Waals surface area contributed by atoms with Crippen molar-refractivity contribution in [2.24, 2.45) is 0 Å². The highest BCUT2D eigenvalue weighted by Gasteiger charge is 2.32. The second-order valence-electron chi connectivity index (χ2n) is 6.11. The lowest BCUT2D eigenvalue weighted by atomic mass is 10.0. The minimum Gasteiger partial charge on any atom is -0.286 e. The van der Waals surface area contributed by atoms with Gasteiger partial charge >= 0.3 is 12.1 Å². The van der Waals surface area contributed by atoms with Gasteiger partial charge < -0.3 is 0 Å². The summed E-state index contributed by atoms with van der Waals surface area (Å²) in [6.45, 7) is 3.77. The smallest absolute Gasteiger partial charge is 0.286 e. The zero-order chi connectivity index (χ0) is 21.3. The van der Waals surface area contributed by atoms with Crippen LogP contribution in [-0.4, -0.2) is 19.6 Å². The molecule has 0 atom stereocenters. The van der Waals surface area contributed by atoms with Crippen molar-refractivity contribution in [2.45, 2.75) is 37.1 Å². The van der Waals surface area contributed by atoms with Gasteiger partial charge in [0.05, 0.1) is 10.8 Å². The summed E-state index contributed by atoms with van der Waals surface area (Å²) < 4.78 is 77.9. The minimum absolute atomic E-state index is 0.0894. The van der Waals surface area contributed by atoms with E-state index in [-0.39, 0.29) is 16.9 Å². The molecule has 0 radical (unpaired) electrons. The first-order valence-corrected chi connectivity index (χ1v) is 9.49. The summed E-state index contributed by atoms with van der Waals surface area (Å²) in [5, 5.41) is -0.885. The number of alkyl halides is 3. The van der Waals surface area contributed by atoms with Gasteiger partial charge in [0.1, 0.15) is 10.7 Å². The predicted octanol–water partition coefficient (Wildman–Crippen LogP) is 4.55. The average molecular weight is 420 g/mol. The molecule has 2 rings (SSSR count). The zero-order valence-electron chi connectivity index (χ0n) is 15.0. The van der Waals surface area contributed by atoms with Crippen LogP contribution in [0.4, 0.5) is 17.6 Å². The summed E-state index contributed by atoms with van der Waals surface area (Å²) in [6, 6.07) is 5.20. The minimum atomic E-state index is -4.69. The number of carbonyl (C=O) groups excluding carboxylic acids is 1. The summed E-state index contributed by atoms with van der Waals surface area (Å²) in [5.41, 5.74) is -1.37. The molecular formula is C18H16F4O5S. The molecule has 0 N–H and O–H groups in total. The molecule has 0 unspecified atom stereocenters. The van der Waals surface area contributed by atoms with Crippen LogP contribution in [0.25, 0.3) is 11.1 Å². The fourth-order valence-corrected chi connectivity index (χ4v) is 3.36. The van der Waals surface area contributed by atoms with Crippen LogP contribution in [0, 0.1) is 5.82 Å². The number of halogens is 4. The quantitative estimate of drug-likeness (QED) is 0.403. The molecule has 0 aliphatic carbocycles. The molecule has 0 spiro atoms. The summed E-state index contributed by atoms with van der Waals surface area (Å²) in [6.07, 6.45) is -4.69. The highest BCUT2D eigenvalue weighted by Crippen LogP contribution is 2.38. The van der Waals surface area contributed by atoms with E-state index in [1.807, 2.05) is 0 Å². The highest BCUT2D eigenvalue weighted by atomic mass is 32.2. The van der Waals surface area contributed by atoms with Gasteiger partial charge in [-0.15, -0.1) is 0 Å². The van der Waals surface area contributed by atoms with Gasteiger partial charge in [-0.05, 0) is 49.7 Å². The van der Waals surface area contributed by atoms with Crippen molar-refractivity contribution in [2.75, 3.05) is 0 Å². The average Bonchev–Trinajstić information content (AvgIpc) is 2.58. The van der Waals surface area contributed by atoms with Crippen molar-refractivity contribution >= 4 is 15.8 Å². The van der Waals surface area contributed by atoms with Crippen LogP contribution in [0.2, 0.25) is 0 Å². The maximum Gasteiger partial charge on any atom is 0.416 e. The molecule has 28 heavy (non-hydrogen) atoms. The zero-order valence-corrected chi connectivity index (χ0v) is 15.8. The molecule has 2 aromatic rings. The first kappa shape index (κ1) is 21.7. The number of benzene rings is 2. The summed E-state index contributed by atoms with van der Waals surface area (Å²) >= 11 is 0. The van der Waals surface area contributed by atoms with Crippen molar-refractivity contribution in [3.63, 3.8) is 0 Å². The van der Waals surface area contributed by atoms with E-state index in [0.717, 1.165) is 31.2 Å². The van der Waals surface area contributed by atoms with Gasteiger partial charge in [-0.25, -0.2) is 17.6 Å². The van der Waals surface area contributed by atoms with Gasteiger partial charge in [0, 0.05) is 12.5 Å². The van der Waals surface area contributed by atoms with Crippen LogP contribution in [0.1, 0.15) is 26.3 Å². The van der Waals surface area contributed by atoms with Gasteiger partial charge in [0.25, 0.3) is 0 Å². The predicted molar refractivity (Wildman–Crippen MR) is 91.6 cm³/mol. The molecule has 0 aliphatic rings. The summed E-state index contributed by atoms with van der Waals surface area (Å²) in [5.74, 6) is -2.25. The van der Waals surface area contributed by atoms with E-state index in [9.17, 15) is 30.8 Å². The highest BCUT2D eigenvalue weighted by molar-refractivity contribution is 7.92. The number of hydrogen-bond donors (Lipinski definition) is 0. The molecule has 0 saturated heterocycles. The Kier molecular flexibility index (Phi) is 6.03. The molecule has 0 saturated carbocycles. The normalized spacial score (nSPS) is 12.1. The van der Waals surface area contributed by atoms with Crippen LogP contribution >= 0.6 is 0 Å². The summed E-state index contributed by atoms with van der Waals surface area (Å²) in [4.78, 5) is 19.4. The second-order valence-corrected chi connectivity index (χ2v) is 8.58. The van der Waals surface area contributed by atoms with Crippen molar-refractivity contribution in [3.05, 3.63) is 47.8 Å². The molecule has 2 aromatic carbocycles. The fraction of sp³-hybridized carbons (Fsp3) is 0.278. The Morgan fingerprint density at radius 1 is 1.07 bits per heavy atom. The molecular weight excluding hydrogens is 404 g/mol. The second kappa shape index (κ2) is 7.78. The Labute approximate surface area is 158 Å². The van der Waals surface area contributed by atoms with Gasteiger partial charge in [0.2, 0.25) is 0 Å². The van der Waals surface area contributed by atoms with Crippen molar-refractivity contribution in [1.82, 2.24) is 0 Å². The Morgan fingerprint density at radius 3 is 2.21 bits per heavy atom. The number of rotatable bonds is 5. The first-order chi connectivity index (χ1) is 12.8. The molecule has 152 valence electrons. The molecule has 10 heteroatoms. The Balaban J connectivity index is 2.61. The van der Waals surface area contributed by atoms with Gasteiger partial charge in [0.15, 0.2) is 15.6 Å². The standard InChI is InChI=1S/C18H16F4O5S/c1-10(2)28(24,25)17-7-4-12(8-15(17)19)14-9-13(18(20,21)22)5-6-16(14)27-26-11(3)23/h4-10H,1-3H3. The van der Waals surface area contributed by atoms with E-state index in [2.05, 4.69) is 4.89 Å². The topological polar surface area (TPSA) is 69.7 Å². The van der Waals surface area contributed by atoms with E-state index in [1.54, 1.807) is 0 Å². The van der Waals surface area contributed by atoms with Crippen molar-refractivity contribution in [3.8, 4) is 16.9 Å². The van der Waals surface area contributed by atoms with Crippen LogP contribution in [-0.2, 0) is 25.7 Å². The maximum atomic E-state index is 14.4. The molecule has 0 aromatic heterocycles. The maximum absolute atomic E-state index is 14.4. The van der Waals surface area contributed by atoms with Gasteiger partial charge in [-0.3, -0.25) is 9.78 Å². The SMILES string of the molecule is CC(=O)OOc1ccc(C(F)(F)F)cc1-c1ccc(S(=O)(=O)C(C)C)c(F)c1. The molecule has 5 nitrogen and oxygen atoms in total. The lowest BCUT2D eigenvalue weighted by Crippen LogP contribution is -2.15. The van der Waals surface area contributed by atoms with Gasteiger partial charge in [-0.1, -0.05) is 6.07 Å². The third-order valence-corrected chi connectivity index (χ3v) is 5.91. The van der Waals surface area contributed by atoms with E-state index in [1.165, 1.54) is 13.8 Å². The summed E-state index contributed by atoms with van der Waals surface area (Å²) in [7, 11) is -3.93. The largest absolute Gasteiger partial charge is 0.416 e. The van der Waals surface area contributed by atoms with E-state index in [0.29, 0.717) is 12.1 Å². The molecule has 0 amide bonds. The third-order valence-electron chi connectivity index (χ3n) is 3.73. The number of hydrogen-bond acceptors (Lipinski definition) is 5. The number of carbonyl (C=O) groups is 1. The fourth-order valence-electron chi connectivity index (χ4n) is 2.26.